The van der Waals surface area contributed by atoms with Gasteiger partial charge in [0.15, 0.2) is 0 Å². The van der Waals surface area contributed by atoms with E-state index in [1.807, 2.05) is 6.92 Å². The monoisotopic (exact) mass is 308 g/mol. The molecule has 0 spiro atoms. The van der Waals surface area contributed by atoms with Crippen LogP contribution in [0.1, 0.15) is 23.7 Å². The van der Waals surface area contributed by atoms with Crippen molar-refractivity contribution in [3.05, 3.63) is 28.5 Å². The highest BCUT2D eigenvalue weighted by Crippen LogP contribution is 2.24. The van der Waals surface area contributed by atoms with Crippen LogP contribution in [0.4, 0.5) is 4.39 Å². The van der Waals surface area contributed by atoms with Gasteiger partial charge in [-0.2, -0.15) is 0 Å². The summed E-state index contributed by atoms with van der Waals surface area (Å²) in [6.07, 6.45) is 0.725. The van der Waals surface area contributed by atoms with E-state index in [4.69, 9.17) is 16.7 Å². The molecule has 1 aromatic carbocycles. The van der Waals surface area contributed by atoms with Gasteiger partial charge in [-0.25, -0.2) is 17.9 Å². The average molecular weight is 309 g/mol. The summed E-state index contributed by atoms with van der Waals surface area (Å²) < 4.78 is 35.9. The second kappa shape index (κ2) is 5.85. The summed E-state index contributed by atoms with van der Waals surface area (Å²) in [5.74, 6) is -1.57. The third-order valence-electron chi connectivity index (χ3n) is 2.46. The molecule has 106 valence electrons. The number of hydrogen-bond acceptors (Lipinski definition) is 3. The molecule has 0 aromatic heterocycles. The molecule has 0 bridgehead atoms. The highest BCUT2D eigenvalue weighted by molar-refractivity contribution is 7.89. The minimum absolute atomic E-state index is 0.0944. The molecule has 0 radical (unpaired) electrons. The van der Waals surface area contributed by atoms with E-state index < -0.39 is 26.6 Å². The van der Waals surface area contributed by atoms with Gasteiger partial charge in [-0.15, -0.1) is 0 Å². The van der Waals surface area contributed by atoms with Crippen LogP contribution in [0.2, 0.25) is 5.02 Å². The van der Waals surface area contributed by atoms with E-state index in [2.05, 4.69) is 0 Å². The molecule has 2 N–H and O–H groups in total. The zero-order chi connectivity index (χ0) is 14.8. The normalized spacial score (nSPS) is 11.4. The van der Waals surface area contributed by atoms with Gasteiger partial charge in [0.25, 0.3) is 5.91 Å². The Morgan fingerprint density at radius 1 is 1.47 bits per heavy atom. The van der Waals surface area contributed by atoms with Crippen molar-refractivity contribution < 1.29 is 17.6 Å². The first-order valence-corrected chi connectivity index (χ1v) is 7.38. The highest BCUT2D eigenvalue weighted by Gasteiger charge is 2.22. The lowest BCUT2D eigenvalue weighted by atomic mass is 10.2. The van der Waals surface area contributed by atoms with Gasteiger partial charge < -0.3 is 4.90 Å². The summed E-state index contributed by atoms with van der Waals surface area (Å²) >= 11 is 5.77. The van der Waals surface area contributed by atoms with Gasteiger partial charge in [0.1, 0.15) is 10.7 Å². The van der Waals surface area contributed by atoms with Crippen LogP contribution in [-0.4, -0.2) is 32.8 Å². The molecule has 0 unspecified atom stereocenters. The molecule has 8 heteroatoms. The van der Waals surface area contributed by atoms with Crippen LogP contribution < -0.4 is 5.14 Å². The second-order valence-electron chi connectivity index (χ2n) is 4.03. The first kappa shape index (κ1) is 15.9. The van der Waals surface area contributed by atoms with Crippen molar-refractivity contribution in [3.8, 4) is 0 Å². The second-order valence-corrected chi connectivity index (χ2v) is 5.97. The van der Waals surface area contributed by atoms with Gasteiger partial charge in [0.05, 0.1) is 10.6 Å². The fraction of sp³-hybridized carbons (Fsp3) is 0.364. The van der Waals surface area contributed by atoms with Crippen molar-refractivity contribution in [2.75, 3.05) is 13.6 Å². The zero-order valence-corrected chi connectivity index (χ0v) is 12.1. The predicted octanol–water partition coefficient (Wildman–Crippen LogP) is 1.61. The minimum Gasteiger partial charge on any atom is -0.342 e. The van der Waals surface area contributed by atoms with E-state index in [1.165, 1.54) is 4.90 Å². The zero-order valence-electron chi connectivity index (χ0n) is 10.5. The average Bonchev–Trinajstić information content (AvgIpc) is 2.26. The number of halogens is 2. The van der Waals surface area contributed by atoms with E-state index in [0.29, 0.717) is 6.54 Å². The van der Waals surface area contributed by atoms with Gasteiger partial charge >= 0.3 is 0 Å². The number of carbonyl (C=O) groups is 1. The Balaban J connectivity index is 3.34. The van der Waals surface area contributed by atoms with E-state index in [9.17, 15) is 17.6 Å². The largest absolute Gasteiger partial charge is 0.342 e. The molecular weight excluding hydrogens is 295 g/mol. The Bertz CT molecular complexity index is 604. The predicted molar refractivity (Wildman–Crippen MR) is 70.0 cm³/mol. The van der Waals surface area contributed by atoms with E-state index >= 15 is 0 Å². The van der Waals surface area contributed by atoms with E-state index in [1.54, 1.807) is 7.05 Å². The topological polar surface area (TPSA) is 80.5 Å². The molecule has 0 atom stereocenters. The molecule has 0 fully saturated rings. The van der Waals surface area contributed by atoms with Gasteiger partial charge in [0, 0.05) is 13.6 Å². The van der Waals surface area contributed by atoms with Crippen LogP contribution in [0.5, 0.6) is 0 Å². The summed E-state index contributed by atoms with van der Waals surface area (Å²) in [5.41, 5.74) is -0.0944. The molecule has 5 nitrogen and oxygen atoms in total. The summed E-state index contributed by atoms with van der Waals surface area (Å²) in [6.45, 7) is 2.35. The number of hydrogen-bond donors (Lipinski definition) is 1. The van der Waals surface area contributed by atoms with Gasteiger partial charge in [-0.3, -0.25) is 4.79 Å². The first-order valence-electron chi connectivity index (χ1n) is 5.45. The maximum Gasteiger partial charge on any atom is 0.255 e. The number of rotatable bonds is 4. The maximum atomic E-state index is 13.5. The Hall–Kier alpha value is -1.18. The minimum atomic E-state index is -4.25. The number of carbonyl (C=O) groups excluding carboxylic acids is 1. The standard InChI is InChI=1S/C11H14ClFN2O3S/c1-3-4-15(2)11(16)7-5-10(19(14,17)18)9(13)6-8(7)12/h5-6H,3-4H2,1-2H3,(H2,14,17,18). The van der Waals surface area contributed by atoms with Gasteiger partial charge in [-0.05, 0) is 18.6 Å². The van der Waals surface area contributed by atoms with E-state index in [-0.39, 0.29) is 10.6 Å². The van der Waals surface area contributed by atoms with Crippen molar-refractivity contribution in [2.45, 2.75) is 18.2 Å². The van der Waals surface area contributed by atoms with Crippen LogP contribution in [0.3, 0.4) is 0 Å². The number of amides is 1. The molecule has 1 rings (SSSR count). The number of benzene rings is 1. The Kier molecular flexibility index (Phi) is 4.89. The molecule has 1 amide bonds. The fourth-order valence-electron chi connectivity index (χ4n) is 1.55. The first-order chi connectivity index (χ1) is 8.68. The maximum absolute atomic E-state index is 13.5. The lowest BCUT2D eigenvalue weighted by Gasteiger charge is -2.17. The molecule has 1 aromatic rings. The number of primary sulfonamides is 1. The van der Waals surface area contributed by atoms with Crippen LogP contribution in [0, 0.1) is 5.82 Å². The number of nitrogens with two attached hydrogens (primary N) is 1. The van der Waals surface area contributed by atoms with Crippen molar-refractivity contribution in [1.82, 2.24) is 4.90 Å². The quantitative estimate of drug-likeness (QED) is 0.917. The number of nitrogens with zero attached hydrogens (tertiary/aromatic N) is 1. The van der Waals surface area contributed by atoms with Crippen LogP contribution in [-0.2, 0) is 10.0 Å². The SMILES string of the molecule is CCCN(C)C(=O)c1cc(S(N)(=O)=O)c(F)cc1Cl. The smallest absolute Gasteiger partial charge is 0.255 e. The summed E-state index contributed by atoms with van der Waals surface area (Å²) in [6, 6.07) is 1.63. The fourth-order valence-corrected chi connectivity index (χ4v) is 2.40. The van der Waals surface area contributed by atoms with Crippen LogP contribution in [0.25, 0.3) is 0 Å². The van der Waals surface area contributed by atoms with Gasteiger partial charge in [-0.1, -0.05) is 18.5 Å². The van der Waals surface area contributed by atoms with Crippen molar-refractivity contribution >= 4 is 27.5 Å². The van der Waals surface area contributed by atoms with Gasteiger partial charge in [0.2, 0.25) is 10.0 Å². The molecule has 0 aliphatic rings. The molecule has 0 heterocycles. The Morgan fingerprint density at radius 2 is 2.05 bits per heavy atom. The summed E-state index contributed by atoms with van der Waals surface area (Å²) in [7, 11) is -2.70. The molecule has 19 heavy (non-hydrogen) atoms. The molecule has 0 saturated heterocycles. The molecule has 0 aliphatic carbocycles. The van der Waals surface area contributed by atoms with E-state index in [0.717, 1.165) is 18.6 Å². The molecular formula is C11H14ClFN2O3S. The number of sulfonamides is 1. The molecule has 0 saturated carbocycles. The highest BCUT2D eigenvalue weighted by atomic mass is 35.5. The Morgan fingerprint density at radius 3 is 2.53 bits per heavy atom. The van der Waals surface area contributed by atoms with Crippen LogP contribution >= 0.6 is 11.6 Å². The summed E-state index contributed by atoms with van der Waals surface area (Å²) in [4.78, 5) is 12.7. The Labute approximate surface area is 116 Å². The lowest BCUT2D eigenvalue weighted by Crippen LogP contribution is -2.28. The van der Waals surface area contributed by atoms with Crippen LogP contribution in [0.15, 0.2) is 17.0 Å². The lowest BCUT2D eigenvalue weighted by molar-refractivity contribution is 0.0795. The van der Waals surface area contributed by atoms with Crippen molar-refractivity contribution in [3.63, 3.8) is 0 Å². The molecule has 0 aliphatic heterocycles. The third kappa shape index (κ3) is 3.65. The summed E-state index contributed by atoms with van der Waals surface area (Å²) in [5, 5.41) is 4.72. The van der Waals surface area contributed by atoms with Crippen molar-refractivity contribution in [1.29, 1.82) is 0 Å². The third-order valence-corrected chi connectivity index (χ3v) is 3.70. The van der Waals surface area contributed by atoms with Crippen molar-refractivity contribution in [2.24, 2.45) is 5.14 Å².